The van der Waals surface area contributed by atoms with E-state index < -0.39 is 5.41 Å². The van der Waals surface area contributed by atoms with Crippen LogP contribution in [0.1, 0.15) is 25.1 Å². The first-order valence-corrected chi connectivity index (χ1v) is 12.4. The van der Waals surface area contributed by atoms with Crippen molar-refractivity contribution in [3.05, 3.63) is 96.1 Å². The van der Waals surface area contributed by atoms with E-state index in [1.54, 1.807) is 38.1 Å². The van der Waals surface area contributed by atoms with Gasteiger partial charge < -0.3 is 14.8 Å². The molecule has 0 saturated heterocycles. The topological polar surface area (TPSA) is 48.3 Å². The second-order valence-corrected chi connectivity index (χ2v) is 9.64. The number of rotatable bonds is 10. The molecule has 1 heterocycles. The number of hydrogen-bond donors (Lipinski definition) is 1. The Labute approximate surface area is 210 Å². The van der Waals surface area contributed by atoms with E-state index in [4.69, 9.17) is 14.5 Å². The molecule has 1 aromatic heterocycles. The molecule has 0 aliphatic carbocycles. The molecule has 7 heteroatoms. The summed E-state index contributed by atoms with van der Waals surface area (Å²) < 4.78 is 26.8. The van der Waals surface area contributed by atoms with Gasteiger partial charge in [-0.3, -0.25) is 4.57 Å². The summed E-state index contributed by atoms with van der Waals surface area (Å²) in [5, 5.41) is 4.29. The number of methoxy groups -OCH3 is 2. The number of thioether (sulfide) groups is 1. The van der Waals surface area contributed by atoms with Crippen LogP contribution in [-0.2, 0) is 5.41 Å². The second kappa shape index (κ2) is 10.9. The molecule has 0 radical (unpaired) electrons. The highest BCUT2D eigenvalue weighted by molar-refractivity contribution is 7.99. The Morgan fingerprint density at radius 3 is 2.34 bits per heavy atom. The maximum Gasteiger partial charge on any atom is 0.172 e. The van der Waals surface area contributed by atoms with Crippen LogP contribution in [0, 0.1) is 5.82 Å². The van der Waals surface area contributed by atoms with Gasteiger partial charge in [-0.2, -0.15) is 0 Å². The van der Waals surface area contributed by atoms with Crippen molar-refractivity contribution in [1.82, 2.24) is 9.55 Å². The maximum absolute atomic E-state index is 13.7. The summed E-state index contributed by atoms with van der Waals surface area (Å²) in [6.07, 6.45) is 1.91. The van der Waals surface area contributed by atoms with Crippen LogP contribution < -0.4 is 14.8 Å². The van der Waals surface area contributed by atoms with E-state index in [9.17, 15) is 4.39 Å². The van der Waals surface area contributed by atoms with Gasteiger partial charge in [-0.25, -0.2) is 9.37 Å². The highest BCUT2D eigenvalue weighted by Gasteiger charge is 2.30. The molecule has 0 aliphatic heterocycles. The summed E-state index contributed by atoms with van der Waals surface area (Å²) in [5.74, 6) is 1.91. The van der Waals surface area contributed by atoms with E-state index >= 15 is 0 Å². The van der Waals surface area contributed by atoms with Gasteiger partial charge in [-0.15, -0.1) is 0 Å². The quantitative estimate of drug-likeness (QED) is 0.201. The van der Waals surface area contributed by atoms with Crippen LogP contribution in [-0.4, -0.2) is 36.1 Å². The number of nitrogens with one attached hydrogen (secondary N) is 1. The van der Waals surface area contributed by atoms with E-state index in [0.717, 1.165) is 40.1 Å². The van der Waals surface area contributed by atoms with Gasteiger partial charge in [0.2, 0.25) is 0 Å². The molecule has 5 nitrogen and oxygen atoms in total. The van der Waals surface area contributed by atoms with Gasteiger partial charge in [0.15, 0.2) is 16.7 Å². The summed E-state index contributed by atoms with van der Waals surface area (Å²) in [5.41, 5.74) is 3.59. The summed E-state index contributed by atoms with van der Waals surface area (Å²) in [7, 11) is 3.26. The number of imidazole rings is 1. The van der Waals surface area contributed by atoms with Crippen molar-refractivity contribution < 1.29 is 13.9 Å². The highest BCUT2D eigenvalue weighted by atomic mass is 32.2. The smallest absolute Gasteiger partial charge is 0.172 e. The van der Waals surface area contributed by atoms with Gasteiger partial charge in [-0.1, -0.05) is 49.9 Å². The number of anilines is 1. The summed E-state index contributed by atoms with van der Waals surface area (Å²) in [6, 6.07) is 22.6. The Kier molecular flexibility index (Phi) is 7.66. The highest BCUT2D eigenvalue weighted by Crippen LogP contribution is 2.39. The van der Waals surface area contributed by atoms with E-state index in [1.165, 1.54) is 12.1 Å². The molecule has 4 rings (SSSR count). The minimum Gasteiger partial charge on any atom is -0.493 e. The lowest BCUT2D eigenvalue weighted by atomic mass is 9.81. The van der Waals surface area contributed by atoms with Gasteiger partial charge in [-0.05, 0) is 54.1 Å². The molecule has 0 fully saturated rings. The van der Waals surface area contributed by atoms with Crippen molar-refractivity contribution in [2.24, 2.45) is 0 Å². The van der Waals surface area contributed by atoms with Crippen LogP contribution in [0.4, 0.5) is 10.1 Å². The lowest BCUT2D eigenvalue weighted by Crippen LogP contribution is -2.23. The molecule has 182 valence electrons. The molecule has 0 bridgehead atoms. The Hall–Kier alpha value is -3.45. The van der Waals surface area contributed by atoms with Crippen LogP contribution in [0.25, 0.3) is 5.69 Å². The van der Waals surface area contributed by atoms with E-state index in [0.29, 0.717) is 11.5 Å². The molecule has 3 aromatic carbocycles. The third-order valence-electron chi connectivity index (χ3n) is 6.00. The third kappa shape index (κ3) is 5.46. The van der Waals surface area contributed by atoms with Gasteiger partial charge in [0.25, 0.3) is 0 Å². The monoisotopic (exact) mass is 491 g/mol. The lowest BCUT2D eigenvalue weighted by molar-refractivity contribution is 0.353. The minimum atomic E-state index is -0.415. The molecule has 4 aromatic rings. The largest absolute Gasteiger partial charge is 0.493 e. The Bertz CT molecular complexity index is 1260. The van der Waals surface area contributed by atoms with Crippen molar-refractivity contribution in [3.63, 3.8) is 0 Å². The standard InChI is InChI=1S/C28H30FN3O2S/c1-28(2,20-10-15-24(33-3)25(18-20)34-4)26-19-31-27(32(26)23-13-11-21(29)12-14-23)35-17-16-30-22-8-6-5-7-9-22/h5-15,18-19,30H,16-17H2,1-4H3. The van der Waals surface area contributed by atoms with Crippen molar-refractivity contribution in [3.8, 4) is 17.2 Å². The molecule has 0 unspecified atom stereocenters. The van der Waals surface area contributed by atoms with Gasteiger partial charge in [0, 0.05) is 29.1 Å². The number of nitrogens with zero attached hydrogens (tertiary/aromatic N) is 2. The molecule has 35 heavy (non-hydrogen) atoms. The second-order valence-electron chi connectivity index (χ2n) is 8.57. The van der Waals surface area contributed by atoms with Crippen LogP contribution in [0.2, 0.25) is 0 Å². The maximum atomic E-state index is 13.7. The number of hydrogen-bond acceptors (Lipinski definition) is 5. The number of para-hydroxylation sites is 1. The third-order valence-corrected chi connectivity index (χ3v) is 6.95. The van der Waals surface area contributed by atoms with Gasteiger partial charge in [0.1, 0.15) is 5.82 Å². The molecule has 0 atom stereocenters. The fraction of sp³-hybridized carbons (Fsp3) is 0.250. The van der Waals surface area contributed by atoms with Gasteiger partial charge >= 0.3 is 0 Å². The Morgan fingerprint density at radius 2 is 1.66 bits per heavy atom. The zero-order valence-corrected chi connectivity index (χ0v) is 21.2. The lowest BCUT2D eigenvalue weighted by Gasteiger charge is -2.28. The minimum absolute atomic E-state index is 0.268. The summed E-state index contributed by atoms with van der Waals surface area (Å²) >= 11 is 1.66. The predicted molar refractivity (Wildman–Crippen MR) is 141 cm³/mol. The summed E-state index contributed by atoms with van der Waals surface area (Å²) in [4.78, 5) is 4.78. The number of aromatic nitrogens is 2. The molecular formula is C28H30FN3O2S. The fourth-order valence-electron chi connectivity index (χ4n) is 3.98. The van der Waals surface area contributed by atoms with Crippen molar-refractivity contribution in [2.45, 2.75) is 24.4 Å². The number of halogens is 1. The Balaban J connectivity index is 1.66. The molecule has 1 N–H and O–H groups in total. The van der Waals surface area contributed by atoms with Crippen LogP contribution in [0.15, 0.2) is 84.1 Å². The average molecular weight is 492 g/mol. The molecule has 0 aliphatic rings. The first-order chi connectivity index (χ1) is 16.9. The van der Waals surface area contributed by atoms with E-state index in [2.05, 4.69) is 23.7 Å². The molecular weight excluding hydrogens is 461 g/mol. The first-order valence-electron chi connectivity index (χ1n) is 11.4. The van der Waals surface area contributed by atoms with E-state index in [-0.39, 0.29) is 5.82 Å². The van der Waals surface area contributed by atoms with Crippen LogP contribution in [0.5, 0.6) is 11.5 Å². The zero-order valence-electron chi connectivity index (χ0n) is 20.4. The van der Waals surface area contributed by atoms with E-state index in [1.807, 2.05) is 54.7 Å². The van der Waals surface area contributed by atoms with Crippen molar-refractivity contribution in [1.29, 1.82) is 0 Å². The normalized spacial score (nSPS) is 11.3. The number of benzene rings is 3. The fourth-order valence-corrected chi connectivity index (χ4v) is 4.83. The van der Waals surface area contributed by atoms with Gasteiger partial charge in [0.05, 0.1) is 26.1 Å². The zero-order chi connectivity index (χ0) is 24.8. The molecule has 0 saturated carbocycles. The first kappa shape index (κ1) is 24.7. The average Bonchev–Trinajstić information content (AvgIpc) is 3.32. The predicted octanol–water partition coefficient (Wildman–Crippen LogP) is 6.56. The molecule has 0 amide bonds. The molecule has 0 spiro atoms. The van der Waals surface area contributed by atoms with Crippen LogP contribution >= 0.6 is 11.8 Å². The Morgan fingerprint density at radius 1 is 0.943 bits per heavy atom. The SMILES string of the molecule is COc1ccc(C(C)(C)c2cnc(SCCNc3ccccc3)n2-c2ccc(F)cc2)cc1OC. The number of ether oxygens (including phenoxy) is 2. The van der Waals surface area contributed by atoms with Crippen LogP contribution in [0.3, 0.4) is 0 Å². The summed E-state index contributed by atoms with van der Waals surface area (Å²) in [6.45, 7) is 5.09. The van der Waals surface area contributed by atoms with Crippen molar-refractivity contribution in [2.75, 3.05) is 31.8 Å². The van der Waals surface area contributed by atoms with Crippen molar-refractivity contribution >= 4 is 17.4 Å².